The van der Waals surface area contributed by atoms with Gasteiger partial charge in [-0.15, -0.1) is 0 Å². The molecule has 0 fully saturated rings. The molecule has 0 aliphatic heterocycles. The number of hydrogen-bond donors (Lipinski definition) is 3. The van der Waals surface area contributed by atoms with Crippen LogP contribution in [0.5, 0.6) is 5.75 Å². The van der Waals surface area contributed by atoms with E-state index in [1.165, 1.54) is 30.3 Å². The molecule has 0 aromatic heterocycles. The van der Waals surface area contributed by atoms with Gasteiger partial charge < -0.3 is 10.8 Å². The smallest absolute Gasteiger partial charge is 0.240 e. The van der Waals surface area contributed by atoms with Crippen LogP contribution in [-0.2, 0) is 16.4 Å². The average Bonchev–Trinajstić information content (AvgIpc) is 2.41. The van der Waals surface area contributed by atoms with E-state index < -0.39 is 10.0 Å². The molecule has 0 bridgehead atoms. The number of nitrogens with one attached hydrogen (secondary N) is 1. The summed E-state index contributed by atoms with van der Waals surface area (Å²) in [6.07, 6.45) is 0.366. The van der Waals surface area contributed by atoms with Crippen molar-refractivity contribution in [2.24, 2.45) is 0 Å². The van der Waals surface area contributed by atoms with Crippen LogP contribution in [0.25, 0.3) is 0 Å². The third kappa shape index (κ3) is 3.93. The molecule has 21 heavy (non-hydrogen) atoms. The van der Waals surface area contributed by atoms with Crippen LogP contribution in [0, 0.1) is 5.82 Å². The van der Waals surface area contributed by atoms with Crippen LogP contribution in [-0.4, -0.2) is 20.1 Å². The lowest BCUT2D eigenvalue weighted by atomic mass is 10.1. The Balaban J connectivity index is 2.03. The molecular formula is C14H15FN2O3S. The fraction of sp³-hybridized carbons (Fsp3) is 0.143. The summed E-state index contributed by atoms with van der Waals surface area (Å²) >= 11 is 0. The molecule has 0 spiro atoms. The highest BCUT2D eigenvalue weighted by Crippen LogP contribution is 2.22. The van der Waals surface area contributed by atoms with Gasteiger partial charge in [0.2, 0.25) is 10.0 Å². The van der Waals surface area contributed by atoms with Crippen LogP contribution in [0.4, 0.5) is 10.1 Å². The molecule has 7 heteroatoms. The maximum absolute atomic E-state index is 13.0. The number of hydrogen-bond acceptors (Lipinski definition) is 4. The molecule has 0 radical (unpaired) electrons. The summed E-state index contributed by atoms with van der Waals surface area (Å²) < 4.78 is 39.5. The van der Waals surface area contributed by atoms with E-state index in [2.05, 4.69) is 4.72 Å². The molecule has 2 aromatic rings. The normalized spacial score (nSPS) is 11.5. The molecule has 0 saturated carbocycles. The first-order valence-electron chi connectivity index (χ1n) is 6.21. The predicted molar refractivity (Wildman–Crippen MR) is 77.8 cm³/mol. The number of sulfonamides is 1. The number of anilines is 1. The van der Waals surface area contributed by atoms with Gasteiger partial charge in [-0.25, -0.2) is 17.5 Å². The molecule has 2 aromatic carbocycles. The summed E-state index contributed by atoms with van der Waals surface area (Å²) in [5.74, 6) is -0.532. The Morgan fingerprint density at radius 1 is 1.19 bits per heavy atom. The lowest BCUT2D eigenvalue weighted by Gasteiger charge is -2.08. The maximum atomic E-state index is 13.0. The second kappa shape index (κ2) is 6.11. The van der Waals surface area contributed by atoms with Crippen molar-refractivity contribution >= 4 is 15.7 Å². The van der Waals surface area contributed by atoms with Crippen molar-refractivity contribution < 1.29 is 17.9 Å². The van der Waals surface area contributed by atoms with Crippen molar-refractivity contribution in [2.75, 3.05) is 12.3 Å². The molecular weight excluding hydrogens is 295 g/mol. The Hall–Kier alpha value is -2.12. The quantitative estimate of drug-likeness (QED) is 0.578. The van der Waals surface area contributed by atoms with E-state index in [0.717, 1.165) is 0 Å². The SMILES string of the molecule is Nc1cc(S(=O)(=O)NCCc2cccc(F)c2)ccc1O. The van der Waals surface area contributed by atoms with Crippen molar-refractivity contribution in [3.8, 4) is 5.75 Å². The van der Waals surface area contributed by atoms with Gasteiger partial charge in [-0.2, -0.15) is 0 Å². The zero-order valence-corrected chi connectivity index (χ0v) is 11.9. The third-order valence-corrected chi connectivity index (χ3v) is 4.36. The van der Waals surface area contributed by atoms with Crippen LogP contribution < -0.4 is 10.5 Å². The van der Waals surface area contributed by atoms with Crippen molar-refractivity contribution in [2.45, 2.75) is 11.3 Å². The summed E-state index contributed by atoms with van der Waals surface area (Å²) in [6, 6.07) is 9.63. The zero-order valence-electron chi connectivity index (χ0n) is 11.1. The Morgan fingerprint density at radius 2 is 1.95 bits per heavy atom. The van der Waals surface area contributed by atoms with Gasteiger partial charge in [0.25, 0.3) is 0 Å². The number of nitrogen functional groups attached to an aromatic ring is 1. The summed E-state index contributed by atoms with van der Waals surface area (Å²) in [4.78, 5) is -0.0305. The minimum Gasteiger partial charge on any atom is -0.506 e. The number of nitrogens with two attached hydrogens (primary N) is 1. The Bertz CT molecular complexity index is 748. The monoisotopic (exact) mass is 310 g/mol. The number of halogens is 1. The van der Waals surface area contributed by atoms with Crippen LogP contribution >= 0.6 is 0 Å². The largest absolute Gasteiger partial charge is 0.506 e. The fourth-order valence-electron chi connectivity index (χ4n) is 1.81. The number of rotatable bonds is 5. The maximum Gasteiger partial charge on any atom is 0.240 e. The van der Waals surface area contributed by atoms with Gasteiger partial charge in [0.15, 0.2) is 0 Å². The minimum atomic E-state index is -3.71. The van der Waals surface area contributed by atoms with E-state index in [4.69, 9.17) is 5.73 Å². The van der Waals surface area contributed by atoms with Gasteiger partial charge in [-0.3, -0.25) is 0 Å². The van der Waals surface area contributed by atoms with Crippen molar-refractivity contribution in [3.05, 3.63) is 53.8 Å². The molecule has 0 aliphatic rings. The Kier molecular flexibility index (Phi) is 4.44. The number of phenolic OH excluding ortho intramolecular Hbond substituents is 1. The molecule has 4 N–H and O–H groups in total. The van der Waals surface area contributed by atoms with Gasteiger partial charge in [0, 0.05) is 6.54 Å². The van der Waals surface area contributed by atoms with E-state index in [1.807, 2.05) is 0 Å². The van der Waals surface area contributed by atoms with Gasteiger partial charge in [0.1, 0.15) is 11.6 Å². The first kappa shape index (κ1) is 15.3. The van der Waals surface area contributed by atoms with E-state index in [1.54, 1.807) is 12.1 Å². The van der Waals surface area contributed by atoms with Crippen molar-refractivity contribution in [1.82, 2.24) is 4.72 Å². The van der Waals surface area contributed by atoms with Crippen LogP contribution in [0.2, 0.25) is 0 Å². The number of benzene rings is 2. The van der Waals surface area contributed by atoms with Crippen molar-refractivity contribution in [3.63, 3.8) is 0 Å². The van der Waals surface area contributed by atoms with Gasteiger partial charge in [-0.1, -0.05) is 12.1 Å². The third-order valence-electron chi connectivity index (χ3n) is 2.90. The lowest BCUT2D eigenvalue weighted by Crippen LogP contribution is -2.26. The van der Waals surface area contributed by atoms with Gasteiger partial charge in [0.05, 0.1) is 10.6 Å². The molecule has 0 saturated heterocycles. The summed E-state index contributed by atoms with van der Waals surface area (Å²) in [5, 5.41) is 9.28. The Morgan fingerprint density at radius 3 is 2.62 bits per heavy atom. The first-order chi connectivity index (χ1) is 9.88. The topological polar surface area (TPSA) is 92.4 Å². The molecule has 2 rings (SSSR count). The Labute approximate surface area is 122 Å². The second-order valence-electron chi connectivity index (χ2n) is 4.50. The molecule has 0 aliphatic carbocycles. The van der Waals surface area contributed by atoms with Crippen molar-refractivity contribution in [1.29, 1.82) is 0 Å². The molecule has 0 heterocycles. The highest BCUT2D eigenvalue weighted by atomic mass is 32.2. The van der Waals surface area contributed by atoms with E-state index in [0.29, 0.717) is 12.0 Å². The number of aromatic hydroxyl groups is 1. The van der Waals surface area contributed by atoms with Gasteiger partial charge >= 0.3 is 0 Å². The number of phenols is 1. The highest BCUT2D eigenvalue weighted by Gasteiger charge is 2.14. The standard InChI is InChI=1S/C14H15FN2O3S/c15-11-3-1-2-10(8-11)6-7-17-21(19,20)12-4-5-14(18)13(16)9-12/h1-5,8-9,17-18H,6-7,16H2. The highest BCUT2D eigenvalue weighted by molar-refractivity contribution is 7.89. The molecule has 112 valence electrons. The minimum absolute atomic E-state index is 0.0111. The first-order valence-corrected chi connectivity index (χ1v) is 7.69. The summed E-state index contributed by atoms with van der Waals surface area (Å²) in [6.45, 7) is 0.132. The molecule has 5 nitrogen and oxygen atoms in total. The molecule has 0 atom stereocenters. The lowest BCUT2D eigenvalue weighted by molar-refractivity contribution is 0.477. The summed E-state index contributed by atoms with van der Waals surface area (Å²) in [7, 11) is -3.71. The molecule has 0 amide bonds. The van der Waals surface area contributed by atoms with Crippen LogP contribution in [0.3, 0.4) is 0 Å². The fourth-order valence-corrected chi connectivity index (χ4v) is 2.87. The van der Waals surface area contributed by atoms with E-state index in [-0.39, 0.29) is 28.7 Å². The van der Waals surface area contributed by atoms with E-state index >= 15 is 0 Å². The summed E-state index contributed by atoms with van der Waals surface area (Å²) in [5.41, 5.74) is 6.16. The second-order valence-corrected chi connectivity index (χ2v) is 6.27. The van der Waals surface area contributed by atoms with Gasteiger partial charge in [-0.05, 0) is 42.3 Å². The average molecular weight is 310 g/mol. The predicted octanol–water partition coefficient (Wildman–Crippen LogP) is 1.63. The zero-order chi connectivity index (χ0) is 15.5. The van der Waals surface area contributed by atoms with Crippen LogP contribution in [0.1, 0.15) is 5.56 Å². The molecule has 0 unspecified atom stereocenters. The van der Waals surface area contributed by atoms with Crippen LogP contribution in [0.15, 0.2) is 47.4 Å². The van der Waals surface area contributed by atoms with E-state index in [9.17, 15) is 17.9 Å².